The number of aromatic nitrogens is 2. The van der Waals surface area contributed by atoms with Gasteiger partial charge in [-0.25, -0.2) is 9.78 Å². The molecule has 7 heteroatoms. The van der Waals surface area contributed by atoms with Gasteiger partial charge >= 0.3 is 6.03 Å². The molecule has 2 amide bonds. The van der Waals surface area contributed by atoms with Gasteiger partial charge in [0.05, 0.1) is 6.33 Å². The average Bonchev–Trinajstić information content (AvgIpc) is 2.36. The van der Waals surface area contributed by atoms with Gasteiger partial charge in [0, 0.05) is 12.4 Å². The molecule has 0 bridgehead atoms. The number of hydrogen-bond donors (Lipinski definition) is 5. The Labute approximate surface area is 68.7 Å². The Morgan fingerprint density at radius 1 is 1.58 bits per heavy atom. The number of carbonyl (C=O) groups is 1. The lowest BCUT2D eigenvalue weighted by atomic mass is 10.9. The van der Waals surface area contributed by atoms with Gasteiger partial charge < -0.3 is 16.5 Å². The van der Waals surface area contributed by atoms with Crippen molar-refractivity contribution in [2.24, 2.45) is 11.5 Å². The van der Waals surface area contributed by atoms with Crippen molar-refractivity contribution < 1.29 is 4.79 Å². The highest BCUT2D eigenvalue weighted by molar-refractivity contribution is 5.92. The number of nitrogens with two attached hydrogens (primary N) is 2. The maximum absolute atomic E-state index is 9.70. The van der Waals surface area contributed by atoms with Crippen LogP contribution in [0.5, 0.6) is 0 Å². The van der Waals surface area contributed by atoms with Crippen molar-refractivity contribution in [2.75, 3.05) is 0 Å². The number of hydrogen-bond acceptors (Lipinski definition) is 3. The van der Waals surface area contributed by atoms with Crippen LogP contribution in [0.4, 0.5) is 4.79 Å². The Kier molecular flexibility index (Phi) is 4.74. The first kappa shape index (κ1) is 9.95. The number of H-pyrrole nitrogens is 1. The number of nitrogens with zero attached hydrogens (tertiary/aromatic N) is 1. The number of amides is 2. The molecule has 0 aromatic carbocycles. The van der Waals surface area contributed by atoms with Gasteiger partial charge in [0.2, 0.25) is 0 Å². The van der Waals surface area contributed by atoms with E-state index in [2.05, 4.69) is 21.4 Å². The lowest BCUT2D eigenvalue weighted by Gasteiger charge is -1.91. The van der Waals surface area contributed by atoms with Crippen LogP contribution in [0, 0.1) is 5.41 Å². The molecule has 1 aromatic rings. The maximum atomic E-state index is 9.70. The second kappa shape index (κ2) is 5.71. The van der Waals surface area contributed by atoms with E-state index in [-0.39, 0.29) is 0 Å². The van der Waals surface area contributed by atoms with E-state index in [1.807, 2.05) is 0 Å². The molecule has 7 nitrogen and oxygen atoms in total. The van der Waals surface area contributed by atoms with E-state index in [1.54, 1.807) is 24.0 Å². The molecule has 0 fully saturated rings. The van der Waals surface area contributed by atoms with Gasteiger partial charge in [0.15, 0.2) is 5.96 Å². The molecule has 12 heavy (non-hydrogen) atoms. The molecule has 0 aliphatic carbocycles. The third-order valence-corrected chi connectivity index (χ3v) is 0.664. The summed E-state index contributed by atoms with van der Waals surface area (Å²) in [5, 5.41) is 8.20. The fourth-order valence-corrected chi connectivity index (χ4v) is 0.348. The van der Waals surface area contributed by atoms with Crippen LogP contribution in [0.25, 0.3) is 0 Å². The number of primary amides is 1. The average molecular weight is 170 g/mol. The molecule has 1 heterocycles. The third kappa shape index (κ3) is 7.95. The fraction of sp³-hybridized carbons (Fsp3) is 0. The maximum Gasteiger partial charge on any atom is 0.318 e. The second-order valence-corrected chi connectivity index (χ2v) is 1.66. The van der Waals surface area contributed by atoms with E-state index < -0.39 is 12.0 Å². The normalized spacial score (nSPS) is 7.67. The van der Waals surface area contributed by atoms with Crippen molar-refractivity contribution in [1.29, 1.82) is 5.41 Å². The minimum absolute atomic E-state index is 0.437. The SMILES string of the molecule is N=C(N)NC(N)=O.c1c[nH]cn1. The molecular formula is C5H10N6O. The van der Waals surface area contributed by atoms with Crippen molar-refractivity contribution in [2.45, 2.75) is 0 Å². The van der Waals surface area contributed by atoms with Crippen LogP contribution in [0.15, 0.2) is 18.7 Å². The van der Waals surface area contributed by atoms with Crippen LogP contribution in [0.3, 0.4) is 0 Å². The molecule has 0 saturated heterocycles. The highest BCUT2D eigenvalue weighted by atomic mass is 16.2. The Morgan fingerprint density at radius 3 is 2.33 bits per heavy atom. The summed E-state index contributed by atoms with van der Waals surface area (Å²) < 4.78 is 0. The third-order valence-electron chi connectivity index (χ3n) is 0.664. The number of carbonyl (C=O) groups excluding carboxylic acids is 1. The highest BCUT2D eigenvalue weighted by Crippen LogP contribution is 1.62. The van der Waals surface area contributed by atoms with Gasteiger partial charge in [0.1, 0.15) is 0 Å². The van der Waals surface area contributed by atoms with Crippen LogP contribution >= 0.6 is 0 Å². The first-order chi connectivity index (χ1) is 5.63. The molecule has 0 atom stereocenters. The lowest BCUT2D eigenvalue weighted by molar-refractivity contribution is 0.253. The van der Waals surface area contributed by atoms with E-state index in [0.717, 1.165) is 0 Å². The first-order valence-electron chi connectivity index (χ1n) is 2.96. The minimum atomic E-state index is -0.812. The van der Waals surface area contributed by atoms with Gasteiger partial charge in [-0.1, -0.05) is 0 Å². The van der Waals surface area contributed by atoms with Gasteiger partial charge in [-0.15, -0.1) is 0 Å². The second-order valence-electron chi connectivity index (χ2n) is 1.66. The van der Waals surface area contributed by atoms with E-state index in [4.69, 9.17) is 5.41 Å². The predicted octanol–water partition coefficient (Wildman–Crippen LogP) is -1.04. The Bertz CT molecular complexity index is 201. The standard InChI is InChI=1S/C3H4N2.C2H6N4O/c1-2-5-3-4-1;3-1(4)6-2(5)7/h1-3H,(H,4,5);(H6,3,4,5,6,7). The Balaban J connectivity index is 0.000000211. The van der Waals surface area contributed by atoms with Gasteiger partial charge in [0.25, 0.3) is 0 Å². The highest BCUT2D eigenvalue weighted by Gasteiger charge is 1.88. The largest absolute Gasteiger partial charge is 0.370 e. The summed E-state index contributed by atoms with van der Waals surface area (Å²) in [4.78, 5) is 16.1. The van der Waals surface area contributed by atoms with E-state index in [9.17, 15) is 4.79 Å². The molecule has 0 aliphatic rings. The number of nitrogens with one attached hydrogen (secondary N) is 3. The van der Waals surface area contributed by atoms with Crippen LogP contribution in [0.2, 0.25) is 0 Å². The van der Waals surface area contributed by atoms with E-state index in [1.165, 1.54) is 0 Å². The first-order valence-corrected chi connectivity index (χ1v) is 2.96. The quantitative estimate of drug-likeness (QED) is 0.251. The molecule has 66 valence electrons. The Hall–Kier alpha value is -2.05. The molecule has 0 unspecified atom stereocenters. The summed E-state index contributed by atoms with van der Waals surface area (Å²) in [6, 6.07) is -0.812. The van der Waals surface area contributed by atoms with Crippen LogP contribution in [-0.2, 0) is 0 Å². The lowest BCUT2D eigenvalue weighted by Crippen LogP contribution is -2.39. The van der Waals surface area contributed by atoms with Crippen LogP contribution in [-0.4, -0.2) is 22.0 Å². The van der Waals surface area contributed by atoms with E-state index >= 15 is 0 Å². The van der Waals surface area contributed by atoms with Crippen molar-refractivity contribution in [1.82, 2.24) is 15.3 Å². The van der Waals surface area contributed by atoms with Crippen LogP contribution in [0.1, 0.15) is 0 Å². The summed E-state index contributed by atoms with van der Waals surface area (Å²) in [5.41, 5.74) is 9.19. The smallest absolute Gasteiger partial charge is 0.318 e. The van der Waals surface area contributed by atoms with Crippen molar-refractivity contribution >= 4 is 12.0 Å². The summed E-state index contributed by atoms with van der Waals surface area (Å²) in [5.74, 6) is -0.437. The van der Waals surface area contributed by atoms with Crippen molar-refractivity contribution in [3.05, 3.63) is 18.7 Å². The zero-order valence-corrected chi connectivity index (χ0v) is 6.24. The zero-order chi connectivity index (χ0) is 9.40. The summed E-state index contributed by atoms with van der Waals surface area (Å²) in [6.07, 6.45) is 5.08. The molecule has 0 aliphatic heterocycles. The molecule has 0 spiro atoms. The molecule has 1 aromatic heterocycles. The number of urea groups is 1. The molecule has 0 saturated carbocycles. The number of imidazole rings is 1. The predicted molar refractivity (Wildman–Crippen MR) is 43.2 cm³/mol. The zero-order valence-electron chi connectivity index (χ0n) is 6.24. The van der Waals surface area contributed by atoms with Gasteiger partial charge in [-0.3, -0.25) is 10.7 Å². The molecule has 1 rings (SSSR count). The molecule has 0 radical (unpaired) electrons. The van der Waals surface area contributed by atoms with Crippen molar-refractivity contribution in [3.8, 4) is 0 Å². The van der Waals surface area contributed by atoms with Gasteiger partial charge in [-0.05, 0) is 0 Å². The van der Waals surface area contributed by atoms with Crippen LogP contribution < -0.4 is 16.8 Å². The minimum Gasteiger partial charge on any atom is -0.370 e. The van der Waals surface area contributed by atoms with Gasteiger partial charge in [-0.2, -0.15) is 0 Å². The molecule has 7 N–H and O–H groups in total. The van der Waals surface area contributed by atoms with Crippen molar-refractivity contribution in [3.63, 3.8) is 0 Å². The Morgan fingerprint density at radius 2 is 2.25 bits per heavy atom. The van der Waals surface area contributed by atoms with E-state index in [0.29, 0.717) is 0 Å². The summed E-state index contributed by atoms with van der Waals surface area (Å²) in [6.45, 7) is 0. The molecular weight excluding hydrogens is 160 g/mol. The summed E-state index contributed by atoms with van der Waals surface area (Å²) >= 11 is 0. The fourth-order valence-electron chi connectivity index (χ4n) is 0.348. The monoisotopic (exact) mass is 170 g/mol. The number of rotatable bonds is 0. The number of aromatic amines is 1. The summed E-state index contributed by atoms with van der Waals surface area (Å²) in [7, 11) is 0. The topological polar surface area (TPSA) is 134 Å². The number of guanidine groups is 1.